The summed E-state index contributed by atoms with van der Waals surface area (Å²) < 4.78 is 1.94. The maximum atomic E-state index is 12.6. The van der Waals surface area contributed by atoms with E-state index in [1.54, 1.807) is 12.5 Å². The zero-order valence-corrected chi connectivity index (χ0v) is 14.0. The van der Waals surface area contributed by atoms with Crippen LogP contribution < -0.4 is 10.6 Å². The van der Waals surface area contributed by atoms with Gasteiger partial charge in [-0.25, -0.2) is 4.98 Å². The van der Waals surface area contributed by atoms with E-state index in [0.717, 1.165) is 11.3 Å². The summed E-state index contributed by atoms with van der Waals surface area (Å²) in [7, 11) is 0. The summed E-state index contributed by atoms with van der Waals surface area (Å²) in [4.78, 5) is 28.9. The van der Waals surface area contributed by atoms with E-state index in [1.807, 2.05) is 35.0 Å². The van der Waals surface area contributed by atoms with Gasteiger partial charge >= 0.3 is 0 Å². The van der Waals surface area contributed by atoms with Crippen molar-refractivity contribution in [3.63, 3.8) is 0 Å². The number of rotatable bonds is 4. The van der Waals surface area contributed by atoms with Crippen molar-refractivity contribution in [2.24, 2.45) is 17.8 Å². The van der Waals surface area contributed by atoms with Gasteiger partial charge in [-0.15, -0.1) is 0 Å². The molecule has 2 atom stereocenters. The first-order valence-corrected chi connectivity index (χ1v) is 8.81. The molecule has 1 saturated heterocycles. The molecule has 6 heteroatoms. The molecule has 0 radical (unpaired) electrons. The van der Waals surface area contributed by atoms with E-state index >= 15 is 0 Å². The highest BCUT2D eigenvalue weighted by atomic mass is 16.2. The number of aromatic nitrogens is 2. The monoisotopic (exact) mass is 338 g/mol. The Hall–Kier alpha value is -2.47. The minimum atomic E-state index is -0.0600. The lowest BCUT2D eigenvalue weighted by Crippen LogP contribution is -2.51. The molecule has 1 aliphatic heterocycles. The molecule has 4 rings (SSSR count). The first-order valence-electron chi connectivity index (χ1n) is 8.81. The first-order chi connectivity index (χ1) is 12.2. The van der Waals surface area contributed by atoms with Crippen LogP contribution in [0.2, 0.25) is 0 Å². The molecule has 1 saturated carbocycles. The summed E-state index contributed by atoms with van der Waals surface area (Å²) in [6.45, 7) is 1.90. The number of ketones is 1. The summed E-state index contributed by atoms with van der Waals surface area (Å²) in [5.74, 6) is 0.344. The molecule has 2 aliphatic rings. The fourth-order valence-electron chi connectivity index (χ4n) is 4.00. The highest BCUT2D eigenvalue weighted by Crippen LogP contribution is 2.32. The molecular weight excluding hydrogens is 316 g/mol. The highest BCUT2D eigenvalue weighted by molar-refractivity contribution is 5.88. The minimum absolute atomic E-state index is 0.00137. The van der Waals surface area contributed by atoms with Crippen LogP contribution in [-0.4, -0.2) is 34.3 Å². The summed E-state index contributed by atoms with van der Waals surface area (Å²) in [5.41, 5.74) is 2.06. The van der Waals surface area contributed by atoms with Crippen LogP contribution in [0.25, 0.3) is 5.69 Å². The van der Waals surface area contributed by atoms with Gasteiger partial charge in [0.15, 0.2) is 0 Å². The van der Waals surface area contributed by atoms with Crippen molar-refractivity contribution >= 4 is 11.7 Å². The first kappa shape index (κ1) is 16.0. The topological polar surface area (TPSA) is 76.0 Å². The second-order valence-electron chi connectivity index (χ2n) is 6.94. The molecule has 1 aliphatic carbocycles. The fraction of sp³-hybridized carbons (Fsp3) is 0.421. The molecule has 25 heavy (non-hydrogen) atoms. The van der Waals surface area contributed by atoms with Crippen LogP contribution in [0.4, 0.5) is 0 Å². The number of nitrogens with zero attached hydrogens (tertiary/aromatic N) is 2. The van der Waals surface area contributed by atoms with Crippen molar-refractivity contribution in [2.45, 2.75) is 19.4 Å². The molecule has 2 bridgehead atoms. The quantitative estimate of drug-likeness (QED) is 0.881. The SMILES string of the molecule is O=C(NCc1ccccc1-n1ccnc1)C1CC2CNCC(C1)C2=O. The van der Waals surface area contributed by atoms with Crippen LogP contribution in [0.5, 0.6) is 0 Å². The van der Waals surface area contributed by atoms with Crippen LogP contribution >= 0.6 is 0 Å². The maximum absolute atomic E-state index is 12.6. The number of benzene rings is 1. The third kappa shape index (κ3) is 3.22. The Labute approximate surface area is 146 Å². The van der Waals surface area contributed by atoms with Gasteiger partial charge in [-0.05, 0) is 24.5 Å². The zero-order valence-electron chi connectivity index (χ0n) is 14.0. The van der Waals surface area contributed by atoms with E-state index in [1.165, 1.54) is 0 Å². The average molecular weight is 338 g/mol. The smallest absolute Gasteiger partial charge is 0.223 e. The van der Waals surface area contributed by atoms with Crippen molar-refractivity contribution in [1.29, 1.82) is 0 Å². The molecule has 2 unspecified atom stereocenters. The summed E-state index contributed by atoms with van der Waals surface area (Å²) in [6, 6.07) is 7.97. The lowest BCUT2D eigenvalue weighted by Gasteiger charge is -2.37. The summed E-state index contributed by atoms with van der Waals surface area (Å²) >= 11 is 0. The number of nitrogens with one attached hydrogen (secondary N) is 2. The third-order valence-corrected chi connectivity index (χ3v) is 5.32. The molecule has 1 aromatic carbocycles. The van der Waals surface area contributed by atoms with Gasteiger partial charge in [0, 0.05) is 49.8 Å². The highest BCUT2D eigenvalue weighted by Gasteiger charge is 2.41. The van der Waals surface area contributed by atoms with Crippen LogP contribution in [0, 0.1) is 17.8 Å². The summed E-state index contributed by atoms with van der Waals surface area (Å²) in [6.07, 6.45) is 6.71. The molecule has 130 valence electrons. The standard InChI is InChI=1S/C19H22N4O2/c24-18-15-7-14(8-16(18)10-21-9-15)19(25)22-11-13-3-1-2-4-17(13)23-6-5-20-12-23/h1-6,12,14-16,21H,7-11H2,(H,22,25). The molecule has 2 N–H and O–H groups in total. The predicted octanol–water partition coefficient (Wildman–Crippen LogP) is 1.30. The number of carbonyl (C=O) groups is 2. The van der Waals surface area contributed by atoms with Gasteiger partial charge in [0.1, 0.15) is 5.78 Å². The largest absolute Gasteiger partial charge is 0.352 e. The van der Waals surface area contributed by atoms with Gasteiger partial charge in [-0.3, -0.25) is 9.59 Å². The van der Waals surface area contributed by atoms with Gasteiger partial charge in [-0.1, -0.05) is 18.2 Å². The Morgan fingerprint density at radius 3 is 2.72 bits per heavy atom. The van der Waals surface area contributed by atoms with E-state index in [9.17, 15) is 9.59 Å². The Balaban J connectivity index is 1.42. The number of hydrogen-bond acceptors (Lipinski definition) is 4. The van der Waals surface area contributed by atoms with Gasteiger partial charge in [0.05, 0.1) is 12.0 Å². The van der Waals surface area contributed by atoms with Crippen LogP contribution in [-0.2, 0) is 16.1 Å². The number of amides is 1. The van der Waals surface area contributed by atoms with Crippen molar-refractivity contribution in [3.05, 3.63) is 48.5 Å². The van der Waals surface area contributed by atoms with Gasteiger partial charge < -0.3 is 15.2 Å². The number of hydrogen-bond donors (Lipinski definition) is 2. The van der Waals surface area contributed by atoms with Crippen molar-refractivity contribution in [1.82, 2.24) is 20.2 Å². The summed E-state index contributed by atoms with van der Waals surface area (Å²) in [5, 5.41) is 6.37. The van der Waals surface area contributed by atoms with E-state index in [2.05, 4.69) is 15.6 Å². The van der Waals surface area contributed by atoms with Gasteiger partial charge in [0.2, 0.25) is 5.91 Å². The molecule has 2 heterocycles. The van der Waals surface area contributed by atoms with Crippen LogP contribution in [0.3, 0.4) is 0 Å². The lowest BCUT2D eigenvalue weighted by molar-refractivity contribution is -0.136. The third-order valence-electron chi connectivity index (χ3n) is 5.32. The second kappa shape index (κ2) is 6.80. The van der Waals surface area contributed by atoms with Crippen LogP contribution in [0.15, 0.2) is 43.0 Å². The van der Waals surface area contributed by atoms with Gasteiger partial charge in [-0.2, -0.15) is 0 Å². The van der Waals surface area contributed by atoms with Crippen LogP contribution in [0.1, 0.15) is 18.4 Å². The Kier molecular flexibility index (Phi) is 4.36. The normalized spacial score (nSPS) is 25.6. The number of para-hydroxylation sites is 1. The lowest BCUT2D eigenvalue weighted by atomic mass is 9.71. The van der Waals surface area contributed by atoms with E-state index in [0.29, 0.717) is 38.3 Å². The molecule has 6 nitrogen and oxygen atoms in total. The van der Waals surface area contributed by atoms with Crippen molar-refractivity contribution in [2.75, 3.05) is 13.1 Å². The Bertz CT molecular complexity index is 755. The molecule has 0 spiro atoms. The predicted molar refractivity (Wildman–Crippen MR) is 93.0 cm³/mol. The zero-order chi connectivity index (χ0) is 17.2. The minimum Gasteiger partial charge on any atom is -0.352 e. The second-order valence-corrected chi connectivity index (χ2v) is 6.94. The molecule has 1 amide bonds. The Morgan fingerprint density at radius 2 is 2.00 bits per heavy atom. The van der Waals surface area contributed by atoms with E-state index < -0.39 is 0 Å². The number of imidazole rings is 1. The molecular formula is C19H22N4O2. The van der Waals surface area contributed by atoms with E-state index in [4.69, 9.17) is 0 Å². The number of fused-ring (bicyclic) bond motifs is 2. The number of piperidine rings is 1. The van der Waals surface area contributed by atoms with Crippen molar-refractivity contribution in [3.8, 4) is 5.69 Å². The molecule has 2 aromatic rings. The fourth-order valence-corrected chi connectivity index (χ4v) is 4.00. The van der Waals surface area contributed by atoms with Gasteiger partial charge in [0.25, 0.3) is 0 Å². The Morgan fingerprint density at radius 1 is 1.24 bits per heavy atom. The molecule has 2 fully saturated rings. The van der Waals surface area contributed by atoms with E-state index in [-0.39, 0.29) is 23.7 Å². The molecule has 1 aromatic heterocycles. The maximum Gasteiger partial charge on any atom is 0.223 e. The average Bonchev–Trinajstić information content (AvgIpc) is 3.14. The number of carbonyl (C=O) groups excluding carboxylic acids is 2. The van der Waals surface area contributed by atoms with Crippen molar-refractivity contribution < 1.29 is 9.59 Å². The number of Topliss-reactive ketones (excluding diaryl/α,β-unsaturated/α-hetero) is 1.